The Kier molecular flexibility index (Phi) is 21.9. The standard InChI is InChI=1S/C24H32Cl4N6O12S2/c25-17(19(27)47-7-11(21(41)31-5-15(37)38)33-13(35)3-1-9(29)23(43)44)18(26)20(28)48-8-12(22(42)32-6-16(39)40)34-14(36)4-2-10(30)24(45)46/h9-12H,1-8,29-30H2,(H,31,41)(H,32,42)(H,33,35)(H,34,36)(H,37,38)(H,39,40)(H,43,44)(H,45,46)/b19-17-,20-18-/t9-,10-,11-,12-/m0/s1. The van der Waals surface area contributed by atoms with Crippen LogP contribution in [-0.2, 0) is 38.4 Å². The minimum atomic E-state index is -1.38. The van der Waals surface area contributed by atoms with Gasteiger partial charge in [0, 0.05) is 24.3 Å². The number of aliphatic carboxylic acids is 4. The molecule has 0 aliphatic rings. The first-order valence-corrected chi connectivity index (χ1v) is 16.7. The van der Waals surface area contributed by atoms with Gasteiger partial charge in [-0.05, 0) is 12.8 Å². The zero-order chi connectivity index (χ0) is 37.1. The summed E-state index contributed by atoms with van der Waals surface area (Å²) in [5.74, 6) is -9.47. The summed E-state index contributed by atoms with van der Waals surface area (Å²) in [5.41, 5.74) is 10.7. The van der Waals surface area contributed by atoms with Crippen molar-refractivity contribution in [1.82, 2.24) is 21.3 Å². The number of hydrogen-bond donors (Lipinski definition) is 10. The van der Waals surface area contributed by atoms with Crippen LogP contribution in [0.25, 0.3) is 0 Å². The first-order chi connectivity index (χ1) is 22.3. The molecule has 0 bridgehead atoms. The molecule has 0 spiro atoms. The van der Waals surface area contributed by atoms with E-state index in [2.05, 4.69) is 21.3 Å². The van der Waals surface area contributed by atoms with Crippen LogP contribution in [0.2, 0.25) is 0 Å². The van der Waals surface area contributed by atoms with Crippen molar-refractivity contribution in [3.05, 3.63) is 18.8 Å². The molecule has 4 atom stereocenters. The van der Waals surface area contributed by atoms with Gasteiger partial charge in [-0.2, -0.15) is 0 Å². The molecule has 0 rings (SSSR count). The van der Waals surface area contributed by atoms with Crippen LogP contribution in [0, 0.1) is 0 Å². The Balaban J connectivity index is 5.72. The molecule has 0 saturated carbocycles. The number of amides is 4. The lowest BCUT2D eigenvalue weighted by Crippen LogP contribution is -2.49. The number of nitrogens with two attached hydrogens (primary N) is 2. The quantitative estimate of drug-likeness (QED) is 0.0583. The van der Waals surface area contributed by atoms with Crippen molar-refractivity contribution in [3.8, 4) is 0 Å². The number of carbonyl (C=O) groups excluding carboxylic acids is 4. The van der Waals surface area contributed by atoms with Gasteiger partial charge in [0.05, 0.1) is 18.8 Å². The van der Waals surface area contributed by atoms with Crippen molar-refractivity contribution < 1.29 is 58.8 Å². The molecule has 0 heterocycles. The average molecular weight is 802 g/mol. The van der Waals surface area contributed by atoms with E-state index in [1.54, 1.807) is 0 Å². The fourth-order valence-corrected chi connectivity index (χ4v) is 5.75. The van der Waals surface area contributed by atoms with Crippen molar-refractivity contribution in [2.75, 3.05) is 24.6 Å². The third-order valence-corrected chi connectivity index (χ3v) is 9.64. The van der Waals surface area contributed by atoms with Gasteiger partial charge in [0.2, 0.25) is 23.6 Å². The van der Waals surface area contributed by atoms with Crippen LogP contribution < -0.4 is 32.7 Å². The van der Waals surface area contributed by atoms with E-state index in [0.717, 1.165) is 0 Å². The molecule has 0 aromatic carbocycles. The number of carboxylic acid groups (broad SMARTS) is 4. The first kappa shape index (κ1) is 45.0. The summed E-state index contributed by atoms with van der Waals surface area (Å²) in [6.45, 7) is -1.56. The van der Waals surface area contributed by atoms with Crippen LogP contribution in [0.3, 0.4) is 0 Å². The molecule has 24 heteroatoms. The highest BCUT2D eigenvalue weighted by Crippen LogP contribution is 2.38. The van der Waals surface area contributed by atoms with Crippen molar-refractivity contribution >= 4 is 117 Å². The van der Waals surface area contributed by atoms with Gasteiger partial charge in [0.1, 0.15) is 37.3 Å². The van der Waals surface area contributed by atoms with Gasteiger partial charge < -0.3 is 53.2 Å². The maximum Gasteiger partial charge on any atom is 0.322 e. The summed E-state index contributed by atoms with van der Waals surface area (Å²) in [4.78, 5) is 93.1. The summed E-state index contributed by atoms with van der Waals surface area (Å²) in [6, 6.07) is -5.45. The maximum atomic E-state index is 12.5. The SMILES string of the molecule is N[C@@H](CCC(=O)N[C@@H](CS/C(Cl)=C(Cl)/C(Cl)=C(\Cl)SC[C@H](NC(=O)CC[C@H](N)C(=O)O)C(=O)NCC(=O)O)C(=O)NCC(=O)O)C(=O)O. The largest absolute Gasteiger partial charge is 0.480 e. The molecule has 18 nitrogen and oxygen atoms in total. The van der Waals surface area contributed by atoms with Gasteiger partial charge in [0.15, 0.2) is 0 Å². The molecule has 0 radical (unpaired) electrons. The van der Waals surface area contributed by atoms with E-state index < -0.39 is 84.8 Å². The van der Waals surface area contributed by atoms with Gasteiger partial charge in [-0.15, -0.1) is 23.5 Å². The average Bonchev–Trinajstić information content (AvgIpc) is 3.02. The second-order valence-electron chi connectivity index (χ2n) is 9.23. The van der Waals surface area contributed by atoms with Crippen LogP contribution in [0.1, 0.15) is 25.7 Å². The number of allylic oxidation sites excluding steroid dienone is 2. The zero-order valence-electron chi connectivity index (χ0n) is 24.5. The van der Waals surface area contributed by atoms with Crippen molar-refractivity contribution in [2.45, 2.75) is 49.9 Å². The summed E-state index contributed by atoms with van der Waals surface area (Å²) < 4.78 is -0.505. The summed E-state index contributed by atoms with van der Waals surface area (Å²) >= 11 is 26.3. The van der Waals surface area contributed by atoms with E-state index in [9.17, 15) is 38.4 Å². The molecule has 0 aliphatic carbocycles. The lowest BCUT2D eigenvalue weighted by atomic mass is 10.1. The Morgan fingerprint density at radius 1 is 0.583 bits per heavy atom. The highest BCUT2D eigenvalue weighted by molar-refractivity contribution is 8.05. The molecular formula is C24H32Cl4N6O12S2. The third kappa shape index (κ3) is 19.1. The predicted octanol–water partition coefficient (Wildman–Crippen LogP) is -0.498. The van der Waals surface area contributed by atoms with Crippen LogP contribution in [0.15, 0.2) is 18.8 Å². The first-order valence-electron chi connectivity index (χ1n) is 13.2. The Morgan fingerprint density at radius 3 is 1.17 bits per heavy atom. The van der Waals surface area contributed by atoms with E-state index in [4.69, 9.17) is 78.3 Å². The molecule has 0 aromatic rings. The fourth-order valence-electron chi connectivity index (χ4n) is 2.90. The minimum absolute atomic E-state index is 0.252. The van der Waals surface area contributed by atoms with Gasteiger partial charge in [-0.3, -0.25) is 38.4 Å². The highest BCUT2D eigenvalue weighted by atomic mass is 35.5. The lowest BCUT2D eigenvalue weighted by molar-refractivity contribution is -0.140. The molecule has 12 N–H and O–H groups in total. The Bertz CT molecular complexity index is 1210. The summed E-state index contributed by atoms with van der Waals surface area (Å²) in [5, 5.41) is 43.5. The Hall–Kier alpha value is -2.98. The van der Waals surface area contributed by atoms with Crippen molar-refractivity contribution in [2.24, 2.45) is 11.5 Å². The number of hydrogen-bond acceptors (Lipinski definition) is 12. The van der Waals surface area contributed by atoms with Gasteiger partial charge >= 0.3 is 23.9 Å². The van der Waals surface area contributed by atoms with Crippen LogP contribution >= 0.6 is 69.9 Å². The number of rotatable bonds is 23. The molecule has 0 unspecified atom stereocenters. The number of nitrogens with one attached hydrogen (secondary N) is 4. The van der Waals surface area contributed by atoms with E-state index >= 15 is 0 Å². The molecule has 0 aromatic heterocycles. The molecule has 0 fully saturated rings. The zero-order valence-corrected chi connectivity index (χ0v) is 29.2. The molecule has 48 heavy (non-hydrogen) atoms. The van der Waals surface area contributed by atoms with E-state index in [1.165, 1.54) is 0 Å². The van der Waals surface area contributed by atoms with Crippen LogP contribution in [0.4, 0.5) is 0 Å². The second kappa shape index (κ2) is 23.4. The van der Waals surface area contributed by atoms with Gasteiger partial charge in [0.25, 0.3) is 0 Å². The number of carbonyl (C=O) groups is 8. The summed E-state index contributed by atoms with van der Waals surface area (Å²) in [6.07, 6.45) is -1.27. The third-order valence-electron chi connectivity index (χ3n) is 5.42. The monoisotopic (exact) mass is 800 g/mol. The van der Waals surface area contributed by atoms with E-state index in [0.29, 0.717) is 23.5 Å². The highest BCUT2D eigenvalue weighted by Gasteiger charge is 2.26. The molecular weight excluding hydrogens is 770 g/mol. The van der Waals surface area contributed by atoms with Crippen molar-refractivity contribution in [3.63, 3.8) is 0 Å². The van der Waals surface area contributed by atoms with Crippen LogP contribution in [0.5, 0.6) is 0 Å². The molecule has 0 saturated heterocycles. The van der Waals surface area contributed by atoms with Gasteiger partial charge in [-0.1, -0.05) is 46.4 Å². The van der Waals surface area contributed by atoms with Gasteiger partial charge in [-0.25, -0.2) is 0 Å². The number of thioether (sulfide) groups is 2. The maximum absolute atomic E-state index is 12.5. The second-order valence-corrected chi connectivity index (χ2v) is 13.2. The topological polar surface area (TPSA) is 318 Å². The number of carboxylic acids is 4. The molecule has 0 aliphatic heterocycles. The normalized spacial score (nSPS) is 14.5. The van der Waals surface area contributed by atoms with E-state index in [1.807, 2.05) is 0 Å². The van der Waals surface area contributed by atoms with E-state index in [-0.39, 0.29) is 56.0 Å². The minimum Gasteiger partial charge on any atom is -0.480 e. The predicted molar refractivity (Wildman–Crippen MR) is 177 cm³/mol. The fraction of sp³-hybridized carbons (Fsp3) is 0.500. The Morgan fingerprint density at radius 2 is 0.896 bits per heavy atom. The summed E-state index contributed by atoms with van der Waals surface area (Å²) in [7, 11) is 0. The smallest absolute Gasteiger partial charge is 0.322 e. The molecule has 270 valence electrons. The lowest BCUT2D eigenvalue weighted by Gasteiger charge is -2.19. The van der Waals surface area contributed by atoms with Crippen molar-refractivity contribution in [1.29, 1.82) is 0 Å². The van der Waals surface area contributed by atoms with Crippen LogP contribution in [-0.4, -0.2) is 117 Å². The molecule has 4 amide bonds. The Labute approximate surface area is 301 Å². The number of halogens is 4.